The fraction of sp³-hybridized carbons (Fsp3) is 0.0500. The van der Waals surface area contributed by atoms with Crippen molar-refractivity contribution in [3.63, 3.8) is 0 Å². The van der Waals surface area contributed by atoms with Crippen LogP contribution in [0.3, 0.4) is 0 Å². The number of hydrogen-bond acceptors (Lipinski definition) is 6. The molecule has 4 aromatic rings. The van der Waals surface area contributed by atoms with Crippen molar-refractivity contribution in [1.29, 1.82) is 0 Å². The minimum absolute atomic E-state index is 0.175. The number of para-hydroxylation sites is 1. The predicted molar refractivity (Wildman–Crippen MR) is 105 cm³/mol. The Labute approximate surface area is 162 Å². The maximum absolute atomic E-state index is 12.7. The lowest BCUT2D eigenvalue weighted by Gasteiger charge is -2.10. The zero-order valence-corrected chi connectivity index (χ0v) is 15.7. The van der Waals surface area contributed by atoms with E-state index in [1.54, 1.807) is 67.0 Å². The van der Waals surface area contributed by atoms with Gasteiger partial charge in [-0.25, -0.2) is 8.42 Å². The average molecular weight is 392 g/mol. The van der Waals surface area contributed by atoms with Gasteiger partial charge in [-0.3, -0.25) is 9.71 Å². The number of benzene rings is 2. The van der Waals surface area contributed by atoms with Crippen LogP contribution in [0, 0.1) is 6.92 Å². The average Bonchev–Trinajstić information content (AvgIpc) is 3.19. The number of nitrogens with zero attached hydrogens (tertiary/aromatic N) is 3. The van der Waals surface area contributed by atoms with Gasteiger partial charge in [-0.1, -0.05) is 35.0 Å². The summed E-state index contributed by atoms with van der Waals surface area (Å²) in [7, 11) is -3.76. The Hall–Kier alpha value is -3.52. The molecule has 0 aliphatic heterocycles. The maximum Gasteiger partial charge on any atom is 0.261 e. The van der Waals surface area contributed by atoms with Crippen LogP contribution in [0.4, 0.5) is 5.69 Å². The second-order valence-electron chi connectivity index (χ2n) is 6.13. The molecule has 0 spiro atoms. The number of anilines is 1. The second-order valence-corrected chi connectivity index (χ2v) is 7.81. The van der Waals surface area contributed by atoms with E-state index in [0.717, 1.165) is 5.56 Å². The van der Waals surface area contributed by atoms with Crippen LogP contribution < -0.4 is 4.72 Å². The van der Waals surface area contributed by atoms with Crippen molar-refractivity contribution in [3.8, 4) is 22.8 Å². The lowest BCUT2D eigenvalue weighted by atomic mass is 10.2. The van der Waals surface area contributed by atoms with Gasteiger partial charge in [-0.2, -0.15) is 4.98 Å². The molecule has 2 heterocycles. The standard InChI is InChI=1S/C20H16N4O3S/c1-14-8-10-16(11-9-14)28(25,26)24-18-7-3-2-6-17(18)20-22-19(23-27-20)15-5-4-12-21-13-15/h2-13,24H,1H3. The molecule has 4 rings (SSSR count). The van der Waals surface area contributed by atoms with Gasteiger partial charge in [0, 0.05) is 18.0 Å². The summed E-state index contributed by atoms with van der Waals surface area (Å²) in [6.45, 7) is 1.90. The van der Waals surface area contributed by atoms with E-state index < -0.39 is 10.0 Å². The van der Waals surface area contributed by atoms with Crippen LogP contribution in [-0.2, 0) is 10.0 Å². The minimum atomic E-state index is -3.76. The number of rotatable bonds is 5. The molecule has 0 radical (unpaired) electrons. The highest BCUT2D eigenvalue weighted by Crippen LogP contribution is 2.30. The van der Waals surface area contributed by atoms with Crippen molar-refractivity contribution in [2.75, 3.05) is 4.72 Å². The Bertz CT molecular complexity index is 1200. The first-order valence-corrected chi connectivity index (χ1v) is 9.94. The first-order chi connectivity index (χ1) is 13.5. The van der Waals surface area contributed by atoms with Gasteiger partial charge in [0.1, 0.15) is 0 Å². The highest BCUT2D eigenvalue weighted by atomic mass is 32.2. The van der Waals surface area contributed by atoms with Crippen LogP contribution in [0.1, 0.15) is 5.56 Å². The number of pyridine rings is 1. The zero-order chi connectivity index (χ0) is 19.6. The molecule has 0 saturated carbocycles. The highest BCUT2D eigenvalue weighted by molar-refractivity contribution is 7.92. The third-order valence-corrected chi connectivity index (χ3v) is 5.46. The normalized spacial score (nSPS) is 11.3. The molecule has 8 heteroatoms. The zero-order valence-electron chi connectivity index (χ0n) is 14.9. The van der Waals surface area contributed by atoms with E-state index in [0.29, 0.717) is 22.6 Å². The molecular formula is C20H16N4O3S. The minimum Gasteiger partial charge on any atom is -0.334 e. The van der Waals surface area contributed by atoms with Crippen molar-refractivity contribution < 1.29 is 12.9 Å². The summed E-state index contributed by atoms with van der Waals surface area (Å²) in [6, 6.07) is 17.1. The highest BCUT2D eigenvalue weighted by Gasteiger charge is 2.19. The fourth-order valence-electron chi connectivity index (χ4n) is 2.62. The Morgan fingerprint density at radius 3 is 2.50 bits per heavy atom. The molecule has 2 aromatic heterocycles. The van der Waals surface area contributed by atoms with Crippen LogP contribution >= 0.6 is 0 Å². The summed E-state index contributed by atoms with van der Waals surface area (Å²) in [4.78, 5) is 8.58. The topological polar surface area (TPSA) is 98.0 Å². The monoisotopic (exact) mass is 392 g/mol. The van der Waals surface area contributed by atoms with Crippen molar-refractivity contribution in [3.05, 3.63) is 78.6 Å². The van der Waals surface area contributed by atoms with Crippen LogP contribution in [0.15, 0.2) is 82.5 Å². The van der Waals surface area contributed by atoms with E-state index in [1.807, 2.05) is 13.0 Å². The molecular weight excluding hydrogens is 376 g/mol. The van der Waals surface area contributed by atoms with Crippen molar-refractivity contribution in [1.82, 2.24) is 15.1 Å². The van der Waals surface area contributed by atoms with Gasteiger partial charge in [0.15, 0.2) is 0 Å². The SMILES string of the molecule is Cc1ccc(S(=O)(=O)Nc2ccccc2-c2nc(-c3cccnc3)no2)cc1. The van der Waals surface area contributed by atoms with Crippen LogP contribution in [-0.4, -0.2) is 23.5 Å². The number of sulfonamides is 1. The molecule has 0 aliphatic carbocycles. The molecule has 0 amide bonds. The molecule has 0 aliphatic rings. The summed E-state index contributed by atoms with van der Waals surface area (Å²) in [5, 5.41) is 3.96. The van der Waals surface area contributed by atoms with Gasteiger partial charge in [0.25, 0.3) is 15.9 Å². The Balaban J connectivity index is 1.68. The first-order valence-electron chi connectivity index (χ1n) is 8.46. The van der Waals surface area contributed by atoms with Crippen LogP contribution in [0.25, 0.3) is 22.8 Å². The van der Waals surface area contributed by atoms with E-state index in [1.165, 1.54) is 0 Å². The molecule has 0 atom stereocenters. The summed E-state index contributed by atoms with van der Waals surface area (Å²) >= 11 is 0. The Kier molecular flexibility index (Phi) is 4.62. The molecule has 7 nitrogen and oxygen atoms in total. The van der Waals surface area contributed by atoms with E-state index in [-0.39, 0.29) is 10.8 Å². The third-order valence-electron chi connectivity index (χ3n) is 4.08. The van der Waals surface area contributed by atoms with Crippen LogP contribution in [0.5, 0.6) is 0 Å². The molecule has 28 heavy (non-hydrogen) atoms. The summed E-state index contributed by atoms with van der Waals surface area (Å²) in [5.74, 6) is 0.584. The van der Waals surface area contributed by atoms with Gasteiger partial charge >= 0.3 is 0 Å². The lowest BCUT2D eigenvalue weighted by molar-refractivity contribution is 0.432. The summed E-state index contributed by atoms with van der Waals surface area (Å²) in [6.07, 6.45) is 3.28. The van der Waals surface area contributed by atoms with Gasteiger partial charge in [0.05, 0.1) is 16.1 Å². The molecule has 0 unspecified atom stereocenters. The van der Waals surface area contributed by atoms with Crippen molar-refractivity contribution >= 4 is 15.7 Å². The molecule has 140 valence electrons. The van der Waals surface area contributed by atoms with Gasteiger partial charge in [-0.15, -0.1) is 0 Å². The summed E-state index contributed by atoms with van der Waals surface area (Å²) < 4.78 is 33.4. The first kappa shape index (κ1) is 17.9. The van der Waals surface area contributed by atoms with Crippen molar-refractivity contribution in [2.24, 2.45) is 0 Å². The van der Waals surface area contributed by atoms with Gasteiger partial charge < -0.3 is 4.52 Å². The quantitative estimate of drug-likeness (QED) is 0.553. The number of aryl methyl sites for hydroxylation is 1. The van der Waals surface area contributed by atoms with E-state index in [4.69, 9.17) is 4.52 Å². The predicted octanol–water partition coefficient (Wildman–Crippen LogP) is 3.91. The summed E-state index contributed by atoms with van der Waals surface area (Å²) in [5.41, 5.74) is 2.52. The van der Waals surface area contributed by atoms with Gasteiger partial charge in [0.2, 0.25) is 5.82 Å². The molecule has 0 fully saturated rings. The second kappa shape index (κ2) is 7.24. The number of aromatic nitrogens is 3. The molecule has 2 aromatic carbocycles. The fourth-order valence-corrected chi connectivity index (χ4v) is 3.70. The number of nitrogens with one attached hydrogen (secondary N) is 1. The van der Waals surface area contributed by atoms with Crippen LogP contribution in [0.2, 0.25) is 0 Å². The Morgan fingerprint density at radius 1 is 0.964 bits per heavy atom. The molecule has 0 saturated heterocycles. The van der Waals surface area contributed by atoms with E-state index in [9.17, 15) is 8.42 Å². The van der Waals surface area contributed by atoms with E-state index >= 15 is 0 Å². The Morgan fingerprint density at radius 2 is 1.75 bits per heavy atom. The van der Waals surface area contributed by atoms with Crippen molar-refractivity contribution in [2.45, 2.75) is 11.8 Å². The molecule has 1 N–H and O–H groups in total. The largest absolute Gasteiger partial charge is 0.334 e. The van der Waals surface area contributed by atoms with E-state index in [2.05, 4.69) is 19.8 Å². The third kappa shape index (κ3) is 3.63. The smallest absolute Gasteiger partial charge is 0.261 e. The number of hydrogen-bond donors (Lipinski definition) is 1. The van der Waals surface area contributed by atoms with Gasteiger partial charge in [-0.05, 0) is 43.3 Å². The molecule has 0 bridgehead atoms. The lowest BCUT2D eigenvalue weighted by Crippen LogP contribution is -2.13. The maximum atomic E-state index is 12.7.